The van der Waals surface area contributed by atoms with E-state index >= 15 is 0 Å². The molecule has 1 heterocycles. The predicted octanol–water partition coefficient (Wildman–Crippen LogP) is 1.53. The maximum absolute atomic E-state index is 11.5. The third-order valence-electron chi connectivity index (χ3n) is 4.79. The molecule has 0 aromatic heterocycles. The molecule has 0 saturated carbocycles. The van der Waals surface area contributed by atoms with Crippen molar-refractivity contribution in [3.05, 3.63) is 0 Å². The maximum atomic E-state index is 11.5. The number of likely N-dealkylation sites (N-methyl/N-ethyl adjacent to an activating group) is 1. The van der Waals surface area contributed by atoms with Crippen LogP contribution in [0.4, 0.5) is 0 Å². The molecular formula is C18H37N5O. The predicted molar refractivity (Wildman–Crippen MR) is 101 cm³/mol. The summed E-state index contributed by atoms with van der Waals surface area (Å²) in [5, 5.41) is 6.14. The van der Waals surface area contributed by atoms with E-state index in [0.717, 1.165) is 58.1 Å². The molecule has 0 aromatic rings. The molecule has 1 aliphatic heterocycles. The summed E-state index contributed by atoms with van der Waals surface area (Å²) in [6.07, 6.45) is 2.77. The number of aliphatic imine (C=N–C) groups is 1. The Bertz CT molecular complexity index is 389. The Morgan fingerprint density at radius 1 is 1.29 bits per heavy atom. The zero-order chi connectivity index (χ0) is 17.9. The molecule has 1 fully saturated rings. The van der Waals surface area contributed by atoms with E-state index in [4.69, 9.17) is 4.99 Å². The van der Waals surface area contributed by atoms with Crippen molar-refractivity contribution in [3.63, 3.8) is 0 Å². The van der Waals surface area contributed by atoms with Gasteiger partial charge in [0.15, 0.2) is 5.96 Å². The second-order valence-electron chi connectivity index (χ2n) is 6.77. The van der Waals surface area contributed by atoms with E-state index in [0.29, 0.717) is 18.4 Å². The molecule has 0 atom stereocenters. The van der Waals surface area contributed by atoms with E-state index in [1.807, 2.05) is 0 Å². The van der Waals surface area contributed by atoms with E-state index in [2.05, 4.69) is 48.1 Å². The van der Waals surface area contributed by atoms with Gasteiger partial charge in [-0.15, -0.1) is 0 Å². The molecule has 6 nitrogen and oxygen atoms in total. The molecule has 0 bridgehead atoms. The Balaban J connectivity index is 2.50. The van der Waals surface area contributed by atoms with Crippen LogP contribution in [0.5, 0.6) is 0 Å². The highest BCUT2D eigenvalue weighted by molar-refractivity contribution is 5.80. The van der Waals surface area contributed by atoms with Crippen LogP contribution in [0.2, 0.25) is 0 Å². The first-order valence-corrected chi connectivity index (χ1v) is 9.49. The molecule has 1 aliphatic rings. The van der Waals surface area contributed by atoms with Crippen LogP contribution in [0.3, 0.4) is 0 Å². The fourth-order valence-corrected chi connectivity index (χ4v) is 3.20. The summed E-state index contributed by atoms with van der Waals surface area (Å²) in [7, 11) is 1.71. The van der Waals surface area contributed by atoms with Crippen molar-refractivity contribution >= 4 is 11.9 Å². The van der Waals surface area contributed by atoms with Gasteiger partial charge in [0.05, 0.1) is 6.54 Å². The van der Waals surface area contributed by atoms with Gasteiger partial charge in [0.1, 0.15) is 0 Å². The van der Waals surface area contributed by atoms with Crippen molar-refractivity contribution in [1.29, 1.82) is 0 Å². The number of hydrogen-bond donors (Lipinski definition) is 2. The zero-order valence-electron chi connectivity index (χ0n) is 16.3. The lowest BCUT2D eigenvalue weighted by molar-refractivity contribution is -0.121. The smallest absolute Gasteiger partial charge is 0.220 e. The van der Waals surface area contributed by atoms with Crippen LogP contribution in [0.1, 0.15) is 47.0 Å². The Labute approximate surface area is 148 Å². The standard InChI is InChI=1S/C18H37N5O/c1-6-20-18(21-10-13-22(7-2)15(3)4)23-11-8-16(9-12-23)14-17(24)19-5/h15-16H,6-14H2,1-5H3,(H,19,24)(H,20,21). The number of amides is 1. The van der Waals surface area contributed by atoms with Crippen LogP contribution in [-0.2, 0) is 4.79 Å². The van der Waals surface area contributed by atoms with Crippen molar-refractivity contribution in [2.45, 2.75) is 53.0 Å². The van der Waals surface area contributed by atoms with Crippen molar-refractivity contribution in [1.82, 2.24) is 20.4 Å². The van der Waals surface area contributed by atoms with Crippen LogP contribution in [0.25, 0.3) is 0 Å². The van der Waals surface area contributed by atoms with Gasteiger partial charge in [0.25, 0.3) is 0 Å². The second kappa shape index (κ2) is 11.3. The summed E-state index contributed by atoms with van der Waals surface area (Å²) < 4.78 is 0. The molecule has 6 heteroatoms. The summed E-state index contributed by atoms with van der Waals surface area (Å²) in [5.74, 6) is 1.68. The van der Waals surface area contributed by atoms with Gasteiger partial charge in [0.2, 0.25) is 5.91 Å². The monoisotopic (exact) mass is 339 g/mol. The molecule has 1 saturated heterocycles. The molecule has 0 aromatic carbocycles. The number of carbonyl (C=O) groups excluding carboxylic acids is 1. The average Bonchev–Trinajstić information content (AvgIpc) is 2.58. The van der Waals surface area contributed by atoms with Gasteiger partial charge in [-0.1, -0.05) is 6.92 Å². The minimum Gasteiger partial charge on any atom is -0.359 e. The molecule has 0 aliphatic carbocycles. The molecule has 140 valence electrons. The summed E-state index contributed by atoms with van der Waals surface area (Å²) in [5.41, 5.74) is 0. The largest absolute Gasteiger partial charge is 0.359 e. The Kier molecular flexibility index (Phi) is 9.76. The van der Waals surface area contributed by atoms with E-state index in [1.54, 1.807) is 7.05 Å². The molecule has 0 spiro atoms. The van der Waals surface area contributed by atoms with E-state index in [-0.39, 0.29) is 5.91 Å². The summed E-state index contributed by atoms with van der Waals surface area (Å²) >= 11 is 0. The second-order valence-corrected chi connectivity index (χ2v) is 6.77. The van der Waals surface area contributed by atoms with E-state index in [1.165, 1.54) is 0 Å². The third-order valence-corrected chi connectivity index (χ3v) is 4.79. The number of hydrogen-bond acceptors (Lipinski definition) is 3. The Morgan fingerprint density at radius 2 is 1.96 bits per heavy atom. The molecule has 0 unspecified atom stereocenters. The molecule has 24 heavy (non-hydrogen) atoms. The molecule has 1 rings (SSSR count). The number of nitrogens with zero attached hydrogens (tertiary/aromatic N) is 3. The minimum atomic E-state index is 0.155. The first-order valence-electron chi connectivity index (χ1n) is 9.49. The van der Waals surface area contributed by atoms with Crippen LogP contribution < -0.4 is 10.6 Å². The number of nitrogens with one attached hydrogen (secondary N) is 2. The zero-order valence-corrected chi connectivity index (χ0v) is 16.3. The van der Waals surface area contributed by atoms with Crippen LogP contribution >= 0.6 is 0 Å². The van der Waals surface area contributed by atoms with Crippen LogP contribution in [0.15, 0.2) is 4.99 Å². The highest BCUT2D eigenvalue weighted by Crippen LogP contribution is 2.20. The van der Waals surface area contributed by atoms with Gasteiger partial charge in [-0.05, 0) is 46.1 Å². The Morgan fingerprint density at radius 3 is 2.46 bits per heavy atom. The number of piperidine rings is 1. The van der Waals surface area contributed by atoms with Crippen molar-refractivity contribution < 1.29 is 4.79 Å². The van der Waals surface area contributed by atoms with Gasteiger partial charge in [0, 0.05) is 45.7 Å². The lowest BCUT2D eigenvalue weighted by Gasteiger charge is -2.34. The fraction of sp³-hybridized carbons (Fsp3) is 0.889. The first kappa shape index (κ1) is 20.7. The lowest BCUT2D eigenvalue weighted by Crippen LogP contribution is -2.46. The van der Waals surface area contributed by atoms with Gasteiger partial charge >= 0.3 is 0 Å². The van der Waals surface area contributed by atoms with Crippen LogP contribution in [0, 0.1) is 5.92 Å². The Hall–Kier alpha value is -1.30. The highest BCUT2D eigenvalue weighted by atomic mass is 16.1. The van der Waals surface area contributed by atoms with Gasteiger partial charge in [-0.3, -0.25) is 14.7 Å². The lowest BCUT2D eigenvalue weighted by atomic mass is 9.93. The molecule has 0 radical (unpaired) electrons. The quantitative estimate of drug-likeness (QED) is 0.520. The number of likely N-dealkylation sites (tertiary alicyclic amines) is 1. The minimum absolute atomic E-state index is 0.155. The topological polar surface area (TPSA) is 60.0 Å². The summed E-state index contributed by atoms with van der Waals surface area (Å²) in [6, 6.07) is 0.563. The maximum Gasteiger partial charge on any atom is 0.220 e. The summed E-state index contributed by atoms with van der Waals surface area (Å²) in [4.78, 5) is 21.1. The molecule has 1 amide bonds. The number of rotatable bonds is 8. The number of guanidine groups is 1. The summed E-state index contributed by atoms with van der Waals surface area (Å²) in [6.45, 7) is 14.5. The van der Waals surface area contributed by atoms with E-state index in [9.17, 15) is 4.79 Å². The fourth-order valence-electron chi connectivity index (χ4n) is 3.20. The highest BCUT2D eigenvalue weighted by Gasteiger charge is 2.23. The average molecular weight is 340 g/mol. The number of carbonyl (C=O) groups is 1. The van der Waals surface area contributed by atoms with E-state index < -0.39 is 0 Å². The molecular weight excluding hydrogens is 302 g/mol. The van der Waals surface area contributed by atoms with Gasteiger partial charge in [-0.25, -0.2) is 0 Å². The normalized spacial score (nSPS) is 16.8. The van der Waals surface area contributed by atoms with Crippen molar-refractivity contribution in [2.24, 2.45) is 10.9 Å². The SMILES string of the molecule is CCNC(=NCCN(CC)C(C)C)N1CCC(CC(=O)NC)CC1. The third kappa shape index (κ3) is 7.07. The first-order chi connectivity index (χ1) is 11.5. The van der Waals surface area contributed by atoms with Crippen molar-refractivity contribution in [2.75, 3.05) is 46.3 Å². The van der Waals surface area contributed by atoms with Crippen molar-refractivity contribution in [3.8, 4) is 0 Å². The van der Waals surface area contributed by atoms with Gasteiger partial charge in [-0.2, -0.15) is 0 Å². The molecule has 2 N–H and O–H groups in total. The van der Waals surface area contributed by atoms with Crippen LogP contribution in [-0.4, -0.2) is 74.0 Å². The van der Waals surface area contributed by atoms with Gasteiger partial charge < -0.3 is 15.5 Å².